The molecule has 2 saturated heterocycles. The van der Waals surface area contributed by atoms with Crippen molar-refractivity contribution in [2.24, 2.45) is 17.8 Å². The molecule has 7 rings (SSSR count). The van der Waals surface area contributed by atoms with Crippen LogP contribution in [0, 0.1) is 17.8 Å². The van der Waals surface area contributed by atoms with Gasteiger partial charge in [-0.05, 0) is 109 Å². The van der Waals surface area contributed by atoms with Gasteiger partial charge >= 0.3 is 7.12 Å². The zero-order valence-electron chi connectivity index (χ0n) is 26.9. The summed E-state index contributed by atoms with van der Waals surface area (Å²) in [5.41, 5.74) is 6.66. The van der Waals surface area contributed by atoms with Gasteiger partial charge in [-0.3, -0.25) is 14.5 Å². The zero-order valence-corrected chi connectivity index (χ0v) is 26.9. The summed E-state index contributed by atoms with van der Waals surface area (Å²) >= 11 is 0. The second-order valence-corrected chi connectivity index (χ2v) is 12.8. The minimum atomic E-state index is -1.04. The number of allylic oxidation sites excluding steroid dienone is 2. The zero-order chi connectivity index (χ0) is 33.2. The van der Waals surface area contributed by atoms with Crippen LogP contribution < -0.4 is 10.2 Å². The Hall–Kier alpha value is -4.70. The summed E-state index contributed by atoms with van der Waals surface area (Å²) in [5, 5.41) is 23.9. The van der Waals surface area contributed by atoms with Gasteiger partial charge in [0.25, 0.3) is 0 Å². The van der Waals surface area contributed by atoms with Gasteiger partial charge in [-0.1, -0.05) is 61.0 Å². The number of para-hydroxylation sites is 1. The lowest BCUT2D eigenvalue weighted by Gasteiger charge is -2.43. The molecule has 4 aromatic rings. The molecule has 0 bridgehead atoms. The number of rotatable bonds is 10. The number of amides is 2. The predicted octanol–water partition coefficient (Wildman–Crippen LogP) is 7.25. The molecule has 0 unspecified atom stereocenters. The lowest BCUT2D eigenvalue weighted by atomic mass is 9.58. The maximum Gasteiger partial charge on any atom is 0.455 e. The lowest BCUT2D eigenvalue weighted by Crippen LogP contribution is -2.46. The average Bonchev–Trinajstić information content (AvgIpc) is 3.68. The highest BCUT2D eigenvalue weighted by atomic mass is 16.5. The van der Waals surface area contributed by atoms with Crippen LogP contribution in [0.2, 0.25) is 6.32 Å². The third kappa shape index (κ3) is 6.29. The van der Waals surface area contributed by atoms with E-state index < -0.39 is 25.1 Å². The van der Waals surface area contributed by atoms with Gasteiger partial charge in [0.2, 0.25) is 11.8 Å². The Balaban J connectivity index is 1.14. The molecule has 0 radical (unpaired) electrons. The minimum Gasteiger partial charge on any atom is -0.459 e. The normalized spacial score (nSPS) is 22.6. The van der Waals surface area contributed by atoms with Gasteiger partial charge < -0.3 is 24.5 Å². The Labute approximate surface area is 280 Å². The molecule has 3 aromatic carbocycles. The van der Waals surface area contributed by atoms with Gasteiger partial charge in [0.05, 0.1) is 23.6 Å². The van der Waals surface area contributed by atoms with Crippen molar-refractivity contribution in [2.75, 3.05) is 10.2 Å². The molecule has 48 heavy (non-hydrogen) atoms. The highest BCUT2D eigenvalue weighted by molar-refractivity contribution is 6.43. The lowest BCUT2D eigenvalue weighted by molar-refractivity contribution is -0.122. The fraction of sp³-hybridized carbons (Fsp3) is 0.282. The molecule has 0 saturated carbocycles. The fourth-order valence-electron chi connectivity index (χ4n) is 7.71. The number of anilines is 3. The van der Waals surface area contributed by atoms with Crippen molar-refractivity contribution < 1.29 is 28.8 Å². The van der Waals surface area contributed by atoms with Crippen molar-refractivity contribution in [1.82, 2.24) is 0 Å². The highest BCUT2D eigenvalue weighted by Crippen LogP contribution is 2.52. The first-order chi connectivity index (χ1) is 23.4. The van der Waals surface area contributed by atoms with Crippen molar-refractivity contribution >= 4 is 47.6 Å². The molecule has 244 valence electrons. The fourth-order valence-corrected chi connectivity index (χ4v) is 7.71. The van der Waals surface area contributed by atoms with E-state index in [-0.39, 0.29) is 30.7 Å². The van der Waals surface area contributed by atoms with E-state index in [1.165, 1.54) is 4.90 Å². The molecule has 3 heterocycles. The maximum atomic E-state index is 14.2. The number of furan rings is 1. The number of carbonyl (C=O) groups excluding carboxylic acids is 2. The van der Waals surface area contributed by atoms with Gasteiger partial charge in [-0.15, -0.1) is 0 Å². The van der Waals surface area contributed by atoms with Crippen LogP contribution in [-0.2, 0) is 20.9 Å². The number of hydrogen-bond acceptors (Lipinski definition) is 7. The van der Waals surface area contributed by atoms with Crippen molar-refractivity contribution in [3.63, 3.8) is 0 Å². The highest BCUT2D eigenvalue weighted by Gasteiger charge is 2.57. The number of fused-ring (bicyclic) bond motifs is 3. The van der Waals surface area contributed by atoms with Crippen LogP contribution in [0.25, 0.3) is 11.6 Å². The van der Waals surface area contributed by atoms with Crippen LogP contribution in [0.15, 0.2) is 113 Å². The van der Waals surface area contributed by atoms with E-state index in [0.29, 0.717) is 36.5 Å². The van der Waals surface area contributed by atoms with E-state index in [1.54, 1.807) is 6.07 Å². The van der Waals surface area contributed by atoms with Crippen LogP contribution in [0.1, 0.15) is 49.7 Å². The SMILES string of the molecule is CCC1=C2[C@@H](CC/C(=C/c3ccc(CO)o3)c3ccccc3)OB(O)C[C@@H]2[C@@H]2C(=O)N(c3ccc(Nc4ccccc4)cc3)C(=O)[C@@H]2C1. The topological polar surface area (TPSA) is 112 Å². The van der Waals surface area contributed by atoms with Gasteiger partial charge in [0.15, 0.2) is 0 Å². The Morgan fingerprint density at radius 3 is 2.31 bits per heavy atom. The molecular formula is C39H39BN2O6. The molecule has 3 N–H and O–H groups in total. The van der Waals surface area contributed by atoms with Crippen molar-refractivity contribution in [3.8, 4) is 0 Å². The molecule has 1 aromatic heterocycles. The molecule has 4 atom stereocenters. The number of carbonyl (C=O) groups is 2. The second kappa shape index (κ2) is 13.8. The summed E-state index contributed by atoms with van der Waals surface area (Å²) in [5.74, 6) is -0.534. The third-order valence-corrected chi connectivity index (χ3v) is 9.90. The third-order valence-electron chi connectivity index (χ3n) is 9.90. The van der Waals surface area contributed by atoms with E-state index in [1.807, 2.05) is 97.1 Å². The van der Waals surface area contributed by atoms with E-state index in [0.717, 1.165) is 40.1 Å². The van der Waals surface area contributed by atoms with Crippen LogP contribution in [0.4, 0.5) is 17.1 Å². The summed E-state index contributed by atoms with van der Waals surface area (Å²) in [4.78, 5) is 29.5. The molecule has 2 aliphatic heterocycles. The first-order valence-electron chi connectivity index (χ1n) is 16.7. The molecular weight excluding hydrogens is 603 g/mol. The van der Waals surface area contributed by atoms with Crippen LogP contribution in [0.5, 0.6) is 0 Å². The number of nitrogens with zero attached hydrogens (tertiary/aromatic N) is 1. The van der Waals surface area contributed by atoms with Crippen LogP contribution in [-0.4, -0.2) is 35.2 Å². The Kier molecular flexibility index (Phi) is 9.17. The van der Waals surface area contributed by atoms with Gasteiger partial charge in [-0.2, -0.15) is 0 Å². The summed E-state index contributed by atoms with van der Waals surface area (Å²) in [7, 11) is -1.04. The van der Waals surface area contributed by atoms with Gasteiger partial charge in [0, 0.05) is 11.4 Å². The largest absolute Gasteiger partial charge is 0.459 e. The van der Waals surface area contributed by atoms with Crippen LogP contribution >= 0.6 is 0 Å². The maximum absolute atomic E-state index is 14.2. The molecule has 2 fully saturated rings. The second-order valence-electron chi connectivity index (χ2n) is 12.8. The quantitative estimate of drug-likeness (QED) is 0.0950. The van der Waals surface area contributed by atoms with E-state index in [2.05, 4.69) is 12.2 Å². The van der Waals surface area contributed by atoms with Crippen molar-refractivity contribution in [1.29, 1.82) is 0 Å². The number of imide groups is 1. The molecule has 0 spiro atoms. The number of nitrogens with one attached hydrogen (secondary N) is 1. The van der Waals surface area contributed by atoms with E-state index in [9.17, 15) is 19.7 Å². The summed E-state index contributed by atoms with van der Waals surface area (Å²) in [6, 6.07) is 30.9. The number of aliphatic hydroxyl groups excluding tert-OH is 1. The van der Waals surface area contributed by atoms with E-state index in [4.69, 9.17) is 9.07 Å². The van der Waals surface area contributed by atoms with Gasteiger partial charge in [-0.25, -0.2) is 0 Å². The average molecular weight is 643 g/mol. The molecule has 8 nitrogen and oxygen atoms in total. The standard InChI is InChI=1S/C39H39BN2O6/c1-2-25-22-33-37(39(45)42(38(33)44)30-16-14-29(15-17-30)41-28-11-7-4-8-12-28)34-23-40(46)48-35(36(25)34)20-13-27(26-9-5-3-6-10-26)21-31-18-19-32(24-43)47-31/h3-12,14-19,21,33-35,37,41,43,46H,2,13,20,22-24H2,1H3/b27-21-/t33-,34+,35-,37-/m1/s1. The predicted molar refractivity (Wildman–Crippen MR) is 187 cm³/mol. The monoisotopic (exact) mass is 642 g/mol. The van der Waals surface area contributed by atoms with E-state index >= 15 is 0 Å². The molecule has 2 amide bonds. The Morgan fingerprint density at radius 1 is 0.917 bits per heavy atom. The minimum absolute atomic E-state index is 0.171. The first-order valence-corrected chi connectivity index (χ1v) is 16.7. The molecule has 1 aliphatic carbocycles. The van der Waals surface area contributed by atoms with Crippen LogP contribution in [0.3, 0.4) is 0 Å². The smallest absolute Gasteiger partial charge is 0.455 e. The molecule has 3 aliphatic rings. The Bertz CT molecular complexity index is 1830. The number of hydrogen-bond donors (Lipinski definition) is 3. The Morgan fingerprint density at radius 2 is 1.62 bits per heavy atom. The number of aliphatic hydroxyl groups is 1. The first kappa shape index (κ1) is 31.9. The molecule has 9 heteroatoms. The summed E-state index contributed by atoms with van der Waals surface area (Å²) < 4.78 is 12.0. The van der Waals surface area contributed by atoms with Crippen molar-refractivity contribution in [3.05, 3.63) is 125 Å². The summed E-state index contributed by atoms with van der Waals surface area (Å²) in [6.07, 6.45) is 4.32. The van der Waals surface area contributed by atoms with Crippen molar-refractivity contribution in [2.45, 2.75) is 51.6 Å². The van der Waals surface area contributed by atoms with Gasteiger partial charge in [0.1, 0.15) is 18.1 Å². The number of benzene rings is 3. The summed E-state index contributed by atoms with van der Waals surface area (Å²) in [6.45, 7) is 1.92.